The molecule has 1 aliphatic rings. The Morgan fingerprint density at radius 1 is 1.60 bits per heavy atom. The van der Waals surface area contributed by atoms with Crippen LogP contribution in [0.4, 0.5) is 0 Å². The maximum atomic E-state index is 10.8. The van der Waals surface area contributed by atoms with Gasteiger partial charge in [0.1, 0.15) is 0 Å². The lowest BCUT2D eigenvalue weighted by Crippen LogP contribution is -2.25. The van der Waals surface area contributed by atoms with Crippen LogP contribution in [0.2, 0.25) is 0 Å². The fraction of sp³-hybridized carbons (Fsp3) is 0.400. The molecule has 1 aromatic heterocycles. The van der Waals surface area contributed by atoms with E-state index in [4.69, 9.17) is 9.84 Å². The third kappa shape index (κ3) is 2.35. The summed E-state index contributed by atoms with van der Waals surface area (Å²) in [7, 11) is 0. The number of hydrogen-bond donors (Lipinski definition) is 1. The summed E-state index contributed by atoms with van der Waals surface area (Å²) in [6.07, 6.45) is 2.86. The number of carboxylic acids is 1. The summed E-state index contributed by atoms with van der Waals surface area (Å²) < 4.78 is 6.24. The predicted molar refractivity (Wildman–Crippen MR) is 56.3 cm³/mol. The quantitative estimate of drug-likeness (QED) is 0.910. The van der Waals surface area contributed by atoms with E-state index in [0.717, 1.165) is 10.2 Å². The van der Waals surface area contributed by atoms with Crippen molar-refractivity contribution in [2.24, 2.45) is 0 Å². The van der Waals surface area contributed by atoms with Gasteiger partial charge in [-0.15, -0.1) is 0 Å². The molecule has 2 rings (SSSR count). The van der Waals surface area contributed by atoms with Crippen LogP contribution in [0, 0.1) is 0 Å². The fourth-order valence-corrected chi connectivity index (χ4v) is 1.47. The first kappa shape index (κ1) is 10.6. The van der Waals surface area contributed by atoms with E-state index in [-0.39, 0.29) is 6.61 Å². The van der Waals surface area contributed by atoms with Crippen molar-refractivity contribution in [3.8, 4) is 0 Å². The van der Waals surface area contributed by atoms with Gasteiger partial charge in [0.15, 0.2) is 5.60 Å². The number of hydrogen-bond acceptors (Lipinski definition) is 3. The molecule has 0 unspecified atom stereocenters. The Labute approximate surface area is 95.4 Å². The monoisotopic (exact) mass is 271 g/mol. The van der Waals surface area contributed by atoms with Gasteiger partial charge in [-0.2, -0.15) is 0 Å². The lowest BCUT2D eigenvalue weighted by molar-refractivity contribution is -0.154. The van der Waals surface area contributed by atoms with Gasteiger partial charge in [-0.05, 0) is 40.9 Å². The average molecular weight is 272 g/mol. The third-order valence-electron chi connectivity index (χ3n) is 2.38. The molecule has 15 heavy (non-hydrogen) atoms. The highest BCUT2D eigenvalue weighted by Crippen LogP contribution is 2.40. The molecule has 0 aromatic carbocycles. The molecular weight excluding hydrogens is 262 g/mol. The fourth-order valence-electron chi connectivity index (χ4n) is 1.24. The van der Waals surface area contributed by atoms with Crippen molar-refractivity contribution < 1.29 is 14.6 Å². The van der Waals surface area contributed by atoms with Crippen molar-refractivity contribution >= 4 is 21.9 Å². The van der Waals surface area contributed by atoms with E-state index >= 15 is 0 Å². The summed E-state index contributed by atoms with van der Waals surface area (Å²) in [5.41, 5.74) is -0.194. The predicted octanol–water partition coefficient (Wildman–Crippen LogP) is 1.98. The summed E-state index contributed by atoms with van der Waals surface area (Å²) >= 11 is 3.27. The van der Waals surface area contributed by atoms with Gasteiger partial charge in [0.2, 0.25) is 0 Å². The minimum absolute atomic E-state index is 0.250. The second-order valence-corrected chi connectivity index (χ2v) is 4.47. The first-order chi connectivity index (χ1) is 7.12. The molecule has 0 amide bonds. The lowest BCUT2D eigenvalue weighted by atomic mass is 10.3. The lowest BCUT2D eigenvalue weighted by Gasteiger charge is -2.10. The van der Waals surface area contributed by atoms with E-state index < -0.39 is 11.6 Å². The first-order valence-electron chi connectivity index (χ1n) is 4.60. The highest BCUT2D eigenvalue weighted by Gasteiger charge is 2.51. The second-order valence-electron chi connectivity index (χ2n) is 3.56. The zero-order chi connectivity index (χ0) is 10.9. The number of nitrogens with zero attached hydrogens (tertiary/aromatic N) is 1. The first-order valence-corrected chi connectivity index (χ1v) is 5.39. The Morgan fingerprint density at radius 2 is 2.33 bits per heavy atom. The Morgan fingerprint density at radius 3 is 2.80 bits per heavy atom. The highest BCUT2D eigenvalue weighted by atomic mass is 79.9. The number of pyridine rings is 1. The summed E-state index contributed by atoms with van der Waals surface area (Å²) in [6, 6.07) is 3.66. The van der Waals surface area contributed by atoms with Crippen molar-refractivity contribution in [2.75, 3.05) is 0 Å². The topological polar surface area (TPSA) is 59.4 Å². The molecule has 0 atom stereocenters. The minimum Gasteiger partial charge on any atom is -0.479 e. The van der Waals surface area contributed by atoms with Gasteiger partial charge in [0, 0.05) is 10.7 Å². The van der Waals surface area contributed by atoms with Gasteiger partial charge in [-0.25, -0.2) is 4.79 Å². The molecule has 1 aliphatic carbocycles. The average Bonchev–Trinajstić information content (AvgIpc) is 2.98. The van der Waals surface area contributed by atoms with Crippen LogP contribution in [0.3, 0.4) is 0 Å². The Hall–Kier alpha value is -0.940. The highest BCUT2D eigenvalue weighted by molar-refractivity contribution is 9.10. The molecule has 1 aromatic rings. The van der Waals surface area contributed by atoms with Crippen LogP contribution in [0.5, 0.6) is 0 Å². The van der Waals surface area contributed by atoms with Crippen molar-refractivity contribution in [1.29, 1.82) is 0 Å². The summed E-state index contributed by atoms with van der Waals surface area (Å²) in [5, 5.41) is 8.87. The molecule has 0 bridgehead atoms. The number of rotatable bonds is 4. The number of aromatic nitrogens is 1. The van der Waals surface area contributed by atoms with Gasteiger partial charge in [0.25, 0.3) is 0 Å². The molecule has 0 saturated heterocycles. The van der Waals surface area contributed by atoms with Gasteiger partial charge >= 0.3 is 5.97 Å². The van der Waals surface area contributed by atoms with Crippen molar-refractivity contribution in [3.05, 3.63) is 28.5 Å². The molecule has 0 radical (unpaired) electrons. The largest absolute Gasteiger partial charge is 0.479 e. The van der Waals surface area contributed by atoms with Gasteiger partial charge < -0.3 is 9.84 Å². The molecule has 0 spiro atoms. The molecule has 4 nitrogen and oxygen atoms in total. The smallest absolute Gasteiger partial charge is 0.335 e. The molecular formula is C10H10BrNO3. The van der Waals surface area contributed by atoms with E-state index in [1.54, 1.807) is 6.20 Å². The summed E-state index contributed by atoms with van der Waals surface area (Å²) in [5.74, 6) is -0.875. The van der Waals surface area contributed by atoms with Crippen molar-refractivity contribution in [1.82, 2.24) is 4.98 Å². The SMILES string of the molecule is O=C(O)C1(OCc2ccc(Br)cn2)CC1. The van der Waals surface area contributed by atoms with Gasteiger partial charge in [0.05, 0.1) is 12.3 Å². The standard InChI is InChI=1S/C10H10BrNO3/c11-7-1-2-8(12-5-7)6-15-10(3-4-10)9(13)14/h1-2,5H,3-4,6H2,(H,13,14). The number of aliphatic carboxylic acids is 1. The Bertz CT molecular complexity index is 373. The van der Waals surface area contributed by atoms with E-state index in [1.165, 1.54) is 0 Å². The van der Waals surface area contributed by atoms with Crippen LogP contribution in [-0.4, -0.2) is 21.7 Å². The molecule has 1 N–H and O–H groups in total. The molecule has 0 aliphatic heterocycles. The zero-order valence-electron chi connectivity index (χ0n) is 7.94. The molecule has 1 saturated carbocycles. The molecule has 80 valence electrons. The van der Waals surface area contributed by atoms with E-state index in [2.05, 4.69) is 20.9 Å². The third-order valence-corrected chi connectivity index (χ3v) is 2.85. The van der Waals surface area contributed by atoms with Crippen LogP contribution < -0.4 is 0 Å². The minimum atomic E-state index is -0.936. The van der Waals surface area contributed by atoms with Crippen LogP contribution in [-0.2, 0) is 16.1 Å². The van der Waals surface area contributed by atoms with Crippen molar-refractivity contribution in [3.63, 3.8) is 0 Å². The van der Waals surface area contributed by atoms with Crippen LogP contribution >= 0.6 is 15.9 Å². The van der Waals surface area contributed by atoms with Crippen LogP contribution in [0.15, 0.2) is 22.8 Å². The normalized spacial score (nSPS) is 17.4. The van der Waals surface area contributed by atoms with Gasteiger partial charge in [-0.1, -0.05) is 0 Å². The Kier molecular flexibility index (Phi) is 2.75. The van der Waals surface area contributed by atoms with E-state index in [9.17, 15) is 4.79 Å². The van der Waals surface area contributed by atoms with E-state index in [1.807, 2.05) is 12.1 Å². The second kappa shape index (κ2) is 3.90. The molecule has 5 heteroatoms. The van der Waals surface area contributed by atoms with Crippen molar-refractivity contribution in [2.45, 2.75) is 25.0 Å². The Balaban J connectivity index is 1.94. The van der Waals surface area contributed by atoms with Gasteiger partial charge in [-0.3, -0.25) is 4.98 Å². The number of halogens is 1. The van der Waals surface area contributed by atoms with Crippen LogP contribution in [0.25, 0.3) is 0 Å². The maximum absolute atomic E-state index is 10.8. The zero-order valence-corrected chi connectivity index (χ0v) is 9.53. The summed E-state index contributed by atoms with van der Waals surface area (Å²) in [4.78, 5) is 14.9. The maximum Gasteiger partial charge on any atom is 0.335 e. The number of ether oxygens (including phenoxy) is 1. The summed E-state index contributed by atoms with van der Waals surface area (Å²) in [6.45, 7) is 0.250. The molecule has 1 heterocycles. The number of carbonyl (C=O) groups is 1. The number of carboxylic acid groups (broad SMARTS) is 1. The van der Waals surface area contributed by atoms with E-state index in [0.29, 0.717) is 12.8 Å². The molecule has 1 fully saturated rings. The van der Waals surface area contributed by atoms with Crippen LogP contribution in [0.1, 0.15) is 18.5 Å².